The molecule has 3 saturated heterocycles. The van der Waals surface area contributed by atoms with Crippen LogP contribution >= 0.6 is 38.1 Å². The summed E-state index contributed by atoms with van der Waals surface area (Å²) >= 11 is 8.04. The number of nitrogen functional groups attached to an aromatic ring is 2. The molecule has 7 rings (SSSR count). The third-order valence-electron chi connectivity index (χ3n) is 7.28. The van der Waals surface area contributed by atoms with Crippen molar-refractivity contribution in [3.63, 3.8) is 0 Å². The fourth-order valence-electron chi connectivity index (χ4n) is 5.26. The van der Waals surface area contributed by atoms with Crippen LogP contribution in [0.3, 0.4) is 0 Å². The van der Waals surface area contributed by atoms with Crippen LogP contribution in [0.4, 0.5) is 16.2 Å². The van der Waals surface area contributed by atoms with Crippen molar-refractivity contribution in [2.45, 2.75) is 49.1 Å². The van der Waals surface area contributed by atoms with Crippen molar-refractivity contribution < 1.29 is 46.2 Å². The molecule has 3 fully saturated rings. The van der Waals surface area contributed by atoms with Crippen LogP contribution in [0.25, 0.3) is 22.3 Å². The molecule has 0 radical (unpaired) electrons. The van der Waals surface area contributed by atoms with Crippen molar-refractivity contribution in [3.05, 3.63) is 29.3 Å². The molecule has 3 aliphatic rings. The zero-order valence-corrected chi connectivity index (χ0v) is 25.9. The Labute approximate surface area is 260 Å². The average molecular weight is 709 g/mol. The Hall–Kier alpha value is -2.69. The van der Waals surface area contributed by atoms with E-state index in [0.717, 1.165) is 10.9 Å². The van der Waals surface area contributed by atoms with Crippen molar-refractivity contribution in [2.75, 3.05) is 24.7 Å². The number of halogens is 1. The summed E-state index contributed by atoms with van der Waals surface area (Å²) < 4.78 is 79.1. The lowest BCUT2D eigenvalue weighted by molar-refractivity contribution is -0.0568. The Morgan fingerprint density at radius 1 is 0.911 bits per heavy atom. The van der Waals surface area contributed by atoms with Gasteiger partial charge in [0.2, 0.25) is 5.95 Å². The van der Waals surface area contributed by atoms with Crippen molar-refractivity contribution in [1.29, 1.82) is 0 Å². The lowest BCUT2D eigenvalue weighted by Gasteiger charge is -2.26. The van der Waals surface area contributed by atoms with Gasteiger partial charge in [0, 0.05) is 0 Å². The van der Waals surface area contributed by atoms with Gasteiger partial charge in [-0.2, -0.15) is 4.98 Å². The molecule has 6 N–H and O–H groups in total. The van der Waals surface area contributed by atoms with Crippen LogP contribution in [-0.4, -0.2) is 94.0 Å². The number of nitrogens with zero attached hydrogens (tertiary/aromatic N) is 7. The van der Waals surface area contributed by atoms with E-state index in [1.54, 1.807) is 0 Å². The molecule has 0 amide bonds. The van der Waals surface area contributed by atoms with Crippen LogP contribution in [0.5, 0.6) is 0 Å². The van der Waals surface area contributed by atoms with Gasteiger partial charge in [0.25, 0.3) is 5.56 Å². The number of aromatic nitrogens is 8. The quantitative estimate of drug-likeness (QED) is 0.122. The lowest BCUT2D eigenvalue weighted by Crippen LogP contribution is -2.35. The number of aliphatic hydroxyl groups excluding tert-OH is 1. The zero-order chi connectivity index (χ0) is 31.8. The molecule has 0 spiro atoms. The molecule has 4 aromatic rings. The normalized spacial score (nSPS) is 37.7. The van der Waals surface area contributed by atoms with E-state index < -0.39 is 81.5 Å². The van der Waals surface area contributed by atoms with E-state index in [1.165, 1.54) is 17.2 Å². The monoisotopic (exact) mass is 708 g/mol. The summed E-state index contributed by atoms with van der Waals surface area (Å²) in [5.41, 5.74) is 11.0. The highest BCUT2D eigenvalue weighted by molar-refractivity contribution is 8.44. The largest absolute Gasteiger partial charge is 0.387 e. The maximum atomic E-state index is 16.0. The highest BCUT2D eigenvalue weighted by atomic mass is 32.7. The van der Waals surface area contributed by atoms with E-state index in [1.807, 2.05) is 0 Å². The number of ether oxygens (including phenoxy) is 2. The van der Waals surface area contributed by atoms with E-state index >= 15 is 4.39 Å². The average Bonchev–Trinajstić information content (AvgIpc) is 3.72. The summed E-state index contributed by atoms with van der Waals surface area (Å²) in [6.07, 6.45) is -8.71. The molecule has 10 atom stereocenters. The first-order valence-electron chi connectivity index (χ1n) is 12.9. The standard InChI is InChI=1S/C20H23FN10O10P2S2/c21-8-12-7(39-18(8)31-5-27-10-16(31)28-20(23)29-17(10)33)2-37-43(35,45)41-13-11(32)6(1-36-42(34,44)40-12)38-19(13)30-4-26-9-14(22)24-3-25-15(9)30/h3-8,11-13,18-19,32H,1-2H2,(H,34,44)(H,35,45)(H2,22,24,25)(H3,23,28,29,33)/t6-,7?,8-,11-,12-,13-,18-,19-,42-,43+/m1/s1. The molecule has 0 aromatic carbocycles. The molecule has 1 unspecified atom stereocenters. The maximum absolute atomic E-state index is 16.0. The summed E-state index contributed by atoms with van der Waals surface area (Å²) in [6, 6.07) is 0. The smallest absolute Gasteiger partial charge is 0.386 e. The molecule has 0 saturated carbocycles. The number of thiol groups is 2. The molecule has 0 aliphatic carbocycles. The molecule has 242 valence electrons. The second kappa shape index (κ2) is 11.2. The SMILES string of the molecule is Nc1nc2c(ncn2[C@@H]2OC3CO[P@](=O)(S)O[C@@H]4[C@H](O)[C@@H](CO[P@@](=O)(S)O[C@H]3[C@H]2F)O[C@H]4n2cnc3c(N)ncnc32)c(=O)[nH]1. The van der Waals surface area contributed by atoms with Gasteiger partial charge in [0.05, 0.1) is 25.9 Å². The van der Waals surface area contributed by atoms with E-state index in [9.17, 15) is 19.0 Å². The number of fused-ring (bicyclic) bond motifs is 5. The minimum atomic E-state index is -4.42. The fourth-order valence-corrected chi connectivity index (χ4v) is 8.20. The van der Waals surface area contributed by atoms with Crippen LogP contribution in [-0.2, 0) is 36.7 Å². The van der Waals surface area contributed by atoms with Gasteiger partial charge in [-0.3, -0.25) is 37.0 Å². The molecular formula is C20H23FN10O10P2S2. The molecule has 7 heterocycles. The van der Waals surface area contributed by atoms with Crippen LogP contribution in [0.15, 0.2) is 23.8 Å². The zero-order valence-electron chi connectivity index (χ0n) is 22.3. The van der Waals surface area contributed by atoms with Crippen LogP contribution in [0, 0.1) is 0 Å². The summed E-state index contributed by atoms with van der Waals surface area (Å²) in [5, 5.41) is 11.1. The molecule has 3 aliphatic heterocycles. The number of hydrogen-bond acceptors (Lipinski definition) is 17. The molecule has 25 heteroatoms. The van der Waals surface area contributed by atoms with Crippen LogP contribution in [0.1, 0.15) is 12.5 Å². The van der Waals surface area contributed by atoms with Gasteiger partial charge in [-0.25, -0.2) is 33.5 Å². The lowest BCUT2D eigenvalue weighted by atomic mass is 10.1. The molecule has 45 heavy (non-hydrogen) atoms. The number of alkyl halides is 1. The van der Waals surface area contributed by atoms with Gasteiger partial charge >= 0.3 is 13.6 Å². The van der Waals surface area contributed by atoms with Gasteiger partial charge in [-0.15, -0.1) is 0 Å². The fraction of sp³-hybridized carbons (Fsp3) is 0.500. The topological polar surface area (TPSA) is 269 Å². The minimum Gasteiger partial charge on any atom is -0.387 e. The predicted octanol–water partition coefficient (Wildman–Crippen LogP) is 0.511. The number of H-pyrrole nitrogens is 1. The maximum Gasteiger partial charge on any atom is 0.386 e. The molecule has 20 nitrogen and oxygen atoms in total. The number of anilines is 2. The minimum absolute atomic E-state index is 0.0680. The van der Waals surface area contributed by atoms with Crippen LogP contribution in [0.2, 0.25) is 0 Å². The van der Waals surface area contributed by atoms with Gasteiger partial charge in [0.15, 0.2) is 41.3 Å². The van der Waals surface area contributed by atoms with Crippen LogP contribution < -0.4 is 17.0 Å². The summed E-state index contributed by atoms with van der Waals surface area (Å²) in [6.45, 7) is -10.1. The first-order chi connectivity index (χ1) is 21.3. The van der Waals surface area contributed by atoms with E-state index in [0.29, 0.717) is 0 Å². The summed E-state index contributed by atoms with van der Waals surface area (Å²) in [5.74, 6) is -0.193. The second-order valence-corrected chi connectivity index (χ2v) is 15.8. The molecular weight excluding hydrogens is 685 g/mol. The molecule has 2 bridgehead atoms. The van der Waals surface area contributed by atoms with Gasteiger partial charge in [-0.1, -0.05) is 24.5 Å². The number of imidazole rings is 2. The number of nitrogens with two attached hydrogens (primary N) is 2. The van der Waals surface area contributed by atoms with Gasteiger partial charge in [-0.05, 0) is 0 Å². The Kier molecular flexibility index (Phi) is 7.72. The van der Waals surface area contributed by atoms with E-state index in [4.69, 9.17) is 39.0 Å². The van der Waals surface area contributed by atoms with Gasteiger partial charge < -0.3 is 26.0 Å². The van der Waals surface area contributed by atoms with E-state index in [-0.39, 0.29) is 34.1 Å². The van der Waals surface area contributed by atoms with Crippen molar-refractivity contribution in [1.82, 2.24) is 39.0 Å². The first-order valence-corrected chi connectivity index (χ1v) is 18.3. The predicted molar refractivity (Wildman–Crippen MR) is 156 cm³/mol. The number of rotatable bonds is 2. The third-order valence-corrected chi connectivity index (χ3v) is 10.5. The number of aromatic amines is 1. The second-order valence-electron chi connectivity index (χ2n) is 10.1. The first kappa shape index (κ1) is 30.9. The number of aliphatic hydroxyl groups is 1. The highest BCUT2D eigenvalue weighted by Crippen LogP contribution is 2.60. The van der Waals surface area contributed by atoms with E-state index in [2.05, 4.69) is 54.4 Å². The summed E-state index contributed by atoms with van der Waals surface area (Å²) in [7, 11) is 0. The van der Waals surface area contributed by atoms with Crippen molar-refractivity contribution in [2.24, 2.45) is 0 Å². The molecule has 4 aromatic heterocycles. The number of hydrogen-bond donors (Lipinski definition) is 6. The van der Waals surface area contributed by atoms with Gasteiger partial charge in [0.1, 0.15) is 42.4 Å². The van der Waals surface area contributed by atoms with Crippen molar-refractivity contribution >= 4 is 72.2 Å². The Morgan fingerprint density at radius 3 is 2.27 bits per heavy atom. The summed E-state index contributed by atoms with van der Waals surface area (Å²) in [4.78, 5) is 34.7. The Bertz CT molecular complexity index is 1950. The Morgan fingerprint density at radius 2 is 1.53 bits per heavy atom. The highest BCUT2D eigenvalue weighted by Gasteiger charge is 2.54. The van der Waals surface area contributed by atoms with Crippen molar-refractivity contribution in [3.8, 4) is 0 Å². The number of nitrogens with one attached hydrogen (secondary N) is 1. The third kappa shape index (κ3) is 5.54. The Balaban J connectivity index is 1.21.